The number of aromatic nitrogens is 14. The number of benzene rings is 5. The van der Waals surface area contributed by atoms with Crippen LogP contribution in [0.3, 0.4) is 0 Å². The molecule has 5 aromatic carbocycles. The molecule has 1 aliphatic carbocycles. The normalized spacial score (nSPS) is 21.6. The number of rotatable bonds is 13. The van der Waals surface area contributed by atoms with E-state index in [4.69, 9.17) is 41.9 Å². The van der Waals surface area contributed by atoms with Crippen LogP contribution in [0, 0.1) is 80.8 Å². The molecule has 8 atom stereocenters. The molecule has 7 aromatic heterocycles. The van der Waals surface area contributed by atoms with Gasteiger partial charge in [0.05, 0.1) is 136 Å². The van der Waals surface area contributed by atoms with Gasteiger partial charge in [0.2, 0.25) is 0 Å². The lowest BCUT2D eigenvalue weighted by Gasteiger charge is -2.50. The summed E-state index contributed by atoms with van der Waals surface area (Å²) < 4.78 is 22.1. The van der Waals surface area contributed by atoms with Crippen molar-refractivity contribution in [1.82, 2.24) is 97.4 Å². The minimum absolute atomic E-state index is 0. The SMILES string of the molecule is CCOC(=O)C1=C(C2CCN(C)CC2)Nc2[nH]ncc2C1c1cccc2nonc12.CN1C[C@@H]2CC[C@H]1[C@@H](C1=C(C#N)C(c3cccc4nonc34)c3cn[nH]c3N1)C2.COc1ccccc1C1C(C#N)=C(C2CCNCC2)Nc2[nH]ncc21.Cl.Cl.Cl.Cl.Cl.N#CC1=C(C2CCNCC2)Nc2[nH]ncc2C1c1cccc(Cl)c1Cl.N#CC1=C(C2CCNCC2)Nc2[nH]ncc2C1c1ccccc1Br. The van der Waals surface area contributed by atoms with Crippen molar-refractivity contribution in [1.29, 1.82) is 21.0 Å². The quantitative estimate of drug-likeness (QED) is 0.0477. The van der Waals surface area contributed by atoms with Crippen LogP contribution < -0.4 is 47.3 Å². The number of likely N-dealkylation sites (tertiary alicyclic amines) is 1. The fraction of sp³-hybridized carbons (Fsp3) is 0.381. The Bertz CT molecular complexity index is 6680. The highest BCUT2D eigenvalue weighted by Crippen LogP contribution is 2.54. The number of carbonyl (C=O) groups excluding carboxylic acids is 1. The maximum Gasteiger partial charge on any atom is 0.336 e. The number of ether oxygens (including phenoxy) is 2. The summed E-state index contributed by atoms with van der Waals surface area (Å²) >= 11 is 16.4. The van der Waals surface area contributed by atoms with Crippen LogP contribution in [-0.2, 0) is 9.53 Å². The molecule has 11 aliphatic heterocycles. The van der Waals surface area contributed by atoms with E-state index in [-0.39, 0.29) is 104 Å². The first kappa shape index (κ1) is 102. The minimum Gasteiger partial charge on any atom is -0.496 e. The third-order valence-electron chi connectivity index (χ3n) is 28.1. The summed E-state index contributed by atoms with van der Waals surface area (Å²) in [4.78, 5) is 18.1. The van der Waals surface area contributed by atoms with Crippen molar-refractivity contribution in [3.8, 4) is 30.0 Å². The summed E-state index contributed by atoms with van der Waals surface area (Å²) in [6.07, 6.45) is 20.6. The van der Waals surface area contributed by atoms with Gasteiger partial charge in [0.25, 0.3) is 0 Å². The Labute approximate surface area is 846 Å². The van der Waals surface area contributed by atoms with E-state index in [2.05, 4.69) is 184 Å². The molecule has 1 saturated carbocycles. The van der Waals surface area contributed by atoms with Crippen molar-refractivity contribution >= 4 is 158 Å². The molecule has 5 unspecified atom stereocenters. The van der Waals surface area contributed by atoms with Gasteiger partial charge in [0.15, 0.2) is 0 Å². The molecule has 13 N–H and O–H groups in total. The zero-order chi connectivity index (χ0) is 91.3. The van der Waals surface area contributed by atoms with Crippen LogP contribution in [0.25, 0.3) is 22.1 Å². The van der Waals surface area contributed by atoms with Crippen LogP contribution in [-0.4, -0.2) is 180 Å². The number of H-pyrrole nitrogens is 5. The van der Waals surface area contributed by atoms with Gasteiger partial charge >= 0.3 is 5.97 Å². The standard InChI is InChI=1S/C21H21N7O.C21H24N6O3.C19H21N5O.C18H18BrN5.C18H17Cl2N5.5ClH/c1-28-10-11-5-6-17(28)13(7-11)19-14(8-22)18(15-9-23-25-21(15)24-19)12-3-2-4-16-20(12)27-29-26-16;1-3-29-21(28)17-16(13-5-4-6-15-19(13)26-30-25-15)14-11-22-24-20(14)23-18(17)12-7-9-27(2)10-8-12;1-25-16-5-3-2-4-13(16)17-14(10-20)18(12-6-8-21-9-7-12)23-19-15(17)11-22-24-19;19-15-4-2-1-3-12(15)16-13(9-20)17(11-5-7-21-8-6-11)23-18-14(16)10-22-24-18;19-14-3-1-2-11(16(14)20)15-12(8-21)17(10-4-6-22-7-5-10)24-18-13(15)9-23-25-18;;;;;/h2-4,9,11,13,17-18H,5-7,10H2,1H3,(H2,23,24,25);4-6,11-12,16H,3,7-10H2,1-2H3,(H2,22,23,24);2-5,11-12,17,21H,6-9H2,1H3,(H2,22,23,24);1-4,10-11,16,21H,5-8H2,(H2,22,23,24);1-3,9-10,15,22H,4-7H2,(H2,23,24,25);5*1H/t11-,13+,17+,18?;;;;;;;;;/m1........./s1. The monoisotopic (exact) mass is 2070 g/mol. The summed E-state index contributed by atoms with van der Waals surface area (Å²) in [6.45, 7) is 11.1. The molecule has 24 rings (SSSR count). The lowest BCUT2D eigenvalue weighted by Crippen LogP contribution is -2.52. The number of hydrogen-bond donors (Lipinski definition) is 13. The Kier molecular flexibility index (Phi) is 33.9. The zero-order valence-corrected chi connectivity index (χ0v) is 83.1. The Morgan fingerprint density at radius 1 is 0.449 bits per heavy atom. The van der Waals surface area contributed by atoms with E-state index in [1.807, 2.05) is 104 Å². The second kappa shape index (κ2) is 45.9. The highest BCUT2D eigenvalue weighted by molar-refractivity contribution is 9.10. The molecule has 2 bridgehead atoms. The molecule has 12 aliphatic rings. The fourth-order valence-electron chi connectivity index (χ4n) is 21.7. The fourth-order valence-corrected chi connectivity index (χ4v) is 22.6. The average molecular weight is 2070 g/mol. The first-order valence-electron chi connectivity index (χ1n) is 45.5. The number of para-hydroxylation sites is 1. The van der Waals surface area contributed by atoms with E-state index in [0.717, 1.165) is 257 Å². The highest BCUT2D eigenvalue weighted by atomic mass is 79.9. The number of aromatic amines is 5. The molecular weight excluding hydrogens is 1970 g/mol. The summed E-state index contributed by atoms with van der Waals surface area (Å²) in [6, 6.07) is 43.5. The van der Waals surface area contributed by atoms with Gasteiger partial charge < -0.3 is 61.8 Å². The molecule has 138 heavy (non-hydrogen) atoms. The van der Waals surface area contributed by atoms with Crippen LogP contribution in [0.15, 0.2) is 204 Å². The van der Waals surface area contributed by atoms with Gasteiger partial charge in [0, 0.05) is 109 Å². The van der Waals surface area contributed by atoms with E-state index in [1.165, 1.54) is 12.8 Å². The number of methoxy groups -OCH3 is 1. The predicted octanol–water partition coefficient (Wildman–Crippen LogP) is 18.1. The van der Waals surface area contributed by atoms with Gasteiger partial charge in [-0.15, -0.1) is 62.0 Å². The average Bonchev–Trinajstić information content (AvgIpc) is 1.44. The van der Waals surface area contributed by atoms with Crippen molar-refractivity contribution < 1.29 is 23.5 Å². The summed E-state index contributed by atoms with van der Waals surface area (Å²) in [7, 11) is 6.00. The van der Waals surface area contributed by atoms with Crippen molar-refractivity contribution in [3.63, 3.8) is 0 Å². The van der Waals surface area contributed by atoms with Gasteiger partial charge in [-0.3, -0.25) is 25.5 Å². The highest BCUT2D eigenvalue weighted by Gasteiger charge is 2.47. The number of allylic oxidation sites excluding steroid dienone is 8. The number of piperidine rings is 6. The van der Waals surface area contributed by atoms with E-state index in [9.17, 15) is 25.8 Å². The molecule has 7 fully saturated rings. The Hall–Kier alpha value is -11.8. The Balaban J connectivity index is 0.000000137. The van der Waals surface area contributed by atoms with Gasteiger partial charge in [-0.2, -0.15) is 46.5 Å². The molecule has 6 saturated heterocycles. The van der Waals surface area contributed by atoms with Crippen LogP contribution >= 0.6 is 101 Å². The summed E-state index contributed by atoms with van der Waals surface area (Å²) in [5.41, 5.74) is 20.8. The molecule has 41 heteroatoms. The summed E-state index contributed by atoms with van der Waals surface area (Å²) in [5.74, 6) is 5.89. The summed E-state index contributed by atoms with van der Waals surface area (Å²) in [5, 5.41) is 121. The third kappa shape index (κ3) is 20.1. The number of fused-ring (bicyclic) bond motifs is 10. The van der Waals surface area contributed by atoms with Crippen molar-refractivity contribution in [2.45, 2.75) is 113 Å². The molecule has 720 valence electrons. The zero-order valence-electron chi connectivity index (χ0n) is 75.9. The second-order valence-electron chi connectivity index (χ2n) is 35.4. The molecular formula is C97H106BrCl7N28O5. The number of carbonyl (C=O) groups is 1. The number of halogens is 8. The van der Waals surface area contributed by atoms with Crippen molar-refractivity contribution in [2.75, 3.05) is 113 Å². The first-order valence-corrected chi connectivity index (χ1v) is 47.0. The lowest BCUT2D eigenvalue weighted by atomic mass is 9.69. The lowest BCUT2D eigenvalue weighted by molar-refractivity contribution is -0.138. The topological polar surface area (TPSA) is 455 Å². The predicted molar refractivity (Wildman–Crippen MR) is 542 cm³/mol. The number of nitrogens with one attached hydrogen (secondary N) is 13. The van der Waals surface area contributed by atoms with E-state index >= 15 is 0 Å². The van der Waals surface area contributed by atoms with Crippen molar-refractivity contribution in [3.05, 3.63) is 261 Å². The second-order valence-corrected chi connectivity index (χ2v) is 37.0. The maximum atomic E-state index is 13.3. The van der Waals surface area contributed by atoms with E-state index in [0.29, 0.717) is 85.5 Å². The minimum atomic E-state index is -0.371. The molecule has 33 nitrogen and oxygen atoms in total. The largest absolute Gasteiger partial charge is 0.496 e. The molecule has 18 heterocycles. The Morgan fingerprint density at radius 3 is 1.28 bits per heavy atom. The smallest absolute Gasteiger partial charge is 0.336 e. The third-order valence-corrected chi connectivity index (χ3v) is 29.6. The van der Waals surface area contributed by atoms with Gasteiger partial charge in [-0.25, -0.2) is 14.1 Å². The van der Waals surface area contributed by atoms with E-state index in [1.54, 1.807) is 38.0 Å². The number of hydrogen-bond acceptors (Lipinski definition) is 28. The van der Waals surface area contributed by atoms with Crippen LogP contribution in [0.1, 0.15) is 163 Å². The van der Waals surface area contributed by atoms with Gasteiger partial charge in [-0.1, -0.05) is 112 Å². The number of nitriles is 4. The van der Waals surface area contributed by atoms with Crippen LogP contribution in [0.2, 0.25) is 10.0 Å². The number of nitrogens with zero attached hydrogens (tertiary/aromatic N) is 15. The van der Waals surface area contributed by atoms with Crippen LogP contribution in [0.5, 0.6) is 5.75 Å². The number of esters is 1. The van der Waals surface area contributed by atoms with Gasteiger partial charge in [-0.05, 0) is 223 Å². The van der Waals surface area contributed by atoms with Crippen molar-refractivity contribution in [2.24, 2.45) is 35.5 Å². The maximum absolute atomic E-state index is 13.3. The van der Waals surface area contributed by atoms with Gasteiger partial charge in [0.1, 0.15) is 56.9 Å². The number of anilines is 5. The molecule has 12 aromatic rings. The molecule has 0 radical (unpaired) electrons. The molecule has 0 amide bonds. The van der Waals surface area contributed by atoms with E-state index < -0.39 is 0 Å². The Morgan fingerprint density at radius 2 is 0.833 bits per heavy atom. The first-order chi connectivity index (χ1) is 65.2. The van der Waals surface area contributed by atoms with Crippen LogP contribution in [0.4, 0.5) is 29.1 Å². The molecule has 0 spiro atoms.